The number of hydrogen-bond acceptors (Lipinski definition) is 2. The van der Waals surface area contributed by atoms with E-state index in [9.17, 15) is 0 Å². The third kappa shape index (κ3) is 2.57. The molecule has 0 aromatic carbocycles. The van der Waals surface area contributed by atoms with Crippen LogP contribution in [0, 0.1) is 17.2 Å². The molecule has 12 heavy (non-hydrogen) atoms. The van der Waals surface area contributed by atoms with Gasteiger partial charge in [-0.2, -0.15) is 17.0 Å². The quantitative estimate of drug-likeness (QED) is 0.611. The minimum atomic E-state index is 0.606. The van der Waals surface area contributed by atoms with Gasteiger partial charge in [-0.3, -0.25) is 0 Å². The van der Waals surface area contributed by atoms with Crippen LogP contribution in [-0.2, 0) is 0 Å². The van der Waals surface area contributed by atoms with E-state index in [4.69, 9.17) is 5.26 Å². The smallest absolute Gasteiger partial charge is 0.0625 e. The second kappa shape index (κ2) is 4.57. The molecule has 1 rings (SSSR count). The first-order chi connectivity index (χ1) is 5.74. The third-order valence-electron chi connectivity index (χ3n) is 2.11. The monoisotopic (exact) mass is 181 g/mol. The molecule has 1 aliphatic rings. The fraction of sp³-hybridized carbons (Fsp3) is 0.700. The Hall–Kier alpha value is -0.420. The predicted octanol–water partition coefficient (Wildman–Crippen LogP) is 2.99. The average Bonchev–Trinajstić information content (AvgIpc) is 2.37. The van der Waals surface area contributed by atoms with E-state index >= 15 is 0 Å². The summed E-state index contributed by atoms with van der Waals surface area (Å²) < 4.78 is 0. The van der Waals surface area contributed by atoms with Crippen molar-refractivity contribution in [2.75, 3.05) is 5.75 Å². The van der Waals surface area contributed by atoms with Crippen LogP contribution in [-0.4, -0.2) is 11.0 Å². The predicted molar refractivity (Wildman–Crippen MR) is 54.0 cm³/mol. The summed E-state index contributed by atoms with van der Waals surface area (Å²) >= 11 is 1.99. The van der Waals surface area contributed by atoms with Crippen molar-refractivity contribution in [1.82, 2.24) is 0 Å². The molecule has 0 bridgehead atoms. The van der Waals surface area contributed by atoms with Crippen LogP contribution in [0.5, 0.6) is 0 Å². The van der Waals surface area contributed by atoms with Crippen LogP contribution in [0.25, 0.3) is 0 Å². The van der Waals surface area contributed by atoms with Gasteiger partial charge in [-0.25, -0.2) is 0 Å². The van der Waals surface area contributed by atoms with Crippen LogP contribution in [0.4, 0.5) is 0 Å². The molecule has 0 aromatic heterocycles. The second-order valence-corrected chi connectivity index (χ2v) is 4.78. The summed E-state index contributed by atoms with van der Waals surface area (Å²) in [7, 11) is 0. The zero-order valence-electron chi connectivity index (χ0n) is 7.71. The Morgan fingerprint density at radius 1 is 1.67 bits per heavy atom. The molecule has 0 aliphatic carbocycles. The van der Waals surface area contributed by atoms with Gasteiger partial charge in [0.1, 0.15) is 0 Å². The molecule has 1 heterocycles. The minimum absolute atomic E-state index is 0.606. The van der Waals surface area contributed by atoms with Gasteiger partial charge in [0.25, 0.3) is 0 Å². The molecular formula is C10H15NS. The zero-order chi connectivity index (χ0) is 8.97. The molecule has 0 N–H and O–H groups in total. The van der Waals surface area contributed by atoms with Gasteiger partial charge < -0.3 is 0 Å². The molecule has 0 saturated carbocycles. The normalized spacial score (nSPS) is 28.1. The Labute approximate surface area is 78.8 Å². The van der Waals surface area contributed by atoms with E-state index in [-0.39, 0.29) is 0 Å². The first-order valence-electron chi connectivity index (χ1n) is 4.37. The van der Waals surface area contributed by atoms with Gasteiger partial charge in [0.2, 0.25) is 0 Å². The summed E-state index contributed by atoms with van der Waals surface area (Å²) in [4.78, 5) is 0. The molecule has 1 aliphatic heterocycles. The lowest BCUT2D eigenvalue weighted by atomic mass is 9.98. The van der Waals surface area contributed by atoms with Crippen LogP contribution in [0.15, 0.2) is 11.6 Å². The van der Waals surface area contributed by atoms with Crippen LogP contribution >= 0.6 is 11.8 Å². The van der Waals surface area contributed by atoms with Crippen molar-refractivity contribution in [3.63, 3.8) is 0 Å². The van der Waals surface area contributed by atoms with E-state index in [0.29, 0.717) is 11.2 Å². The van der Waals surface area contributed by atoms with Crippen LogP contribution in [0.2, 0.25) is 0 Å². The maximum Gasteiger partial charge on any atom is 0.0625 e. The molecule has 0 spiro atoms. The van der Waals surface area contributed by atoms with E-state index in [0.717, 1.165) is 6.42 Å². The van der Waals surface area contributed by atoms with Crippen molar-refractivity contribution < 1.29 is 0 Å². The summed E-state index contributed by atoms with van der Waals surface area (Å²) in [6, 6.07) is 2.27. The average molecular weight is 181 g/mol. The summed E-state index contributed by atoms with van der Waals surface area (Å²) in [6.45, 7) is 4.25. The summed E-state index contributed by atoms with van der Waals surface area (Å²) in [5.41, 5.74) is 1.37. The number of nitriles is 1. The number of hydrogen-bond donors (Lipinski definition) is 0. The SMILES string of the molecule is CC(C)=CC1SCCC1CC#N. The Bertz CT molecular complexity index is 210. The highest BCUT2D eigenvalue weighted by Gasteiger charge is 2.25. The first kappa shape index (κ1) is 9.67. The van der Waals surface area contributed by atoms with Crippen molar-refractivity contribution in [1.29, 1.82) is 5.26 Å². The van der Waals surface area contributed by atoms with Crippen LogP contribution in [0.1, 0.15) is 26.7 Å². The van der Waals surface area contributed by atoms with Crippen molar-refractivity contribution >= 4 is 11.8 Å². The molecule has 0 amide bonds. The van der Waals surface area contributed by atoms with E-state index < -0.39 is 0 Å². The van der Waals surface area contributed by atoms with Gasteiger partial charge in [0.05, 0.1) is 6.07 Å². The largest absolute Gasteiger partial charge is 0.198 e. The van der Waals surface area contributed by atoms with Crippen molar-refractivity contribution in [3.05, 3.63) is 11.6 Å². The number of allylic oxidation sites excluding steroid dienone is 1. The molecule has 0 radical (unpaired) electrons. The van der Waals surface area contributed by atoms with Gasteiger partial charge in [-0.15, -0.1) is 0 Å². The van der Waals surface area contributed by atoms with Gasteiger partial charge in [0, 0.05) is 11.7 Å². The zero-order valence-corrected chi connectivity index (χ0v) is 8.53. The Morgan fingerprint density at radius 3 is 3.00 bits per heavy atom. The molecule has 1 saturated heterocycles. The lowest BCUT2D eigenvalue weighted by molar-refractivity contribution is 0.567. The van der Waals surface area contributed by atoms with Gasteiger partial charge in [0.15, 0.2) is 0 Å². The molecule has 66 valence electrons. The number of rotatable bonds is 2. The van der Waals surface area contributed by atoms with Crippen LogP contribution in [0.3, 0.4) is 0 Å². The fourth-order valence-corrected chi connectivity index (χ4v) is 3.09. The maximum atomic E-state index is 8.60. The lowest BCUT2D eigenvalue weighted by Gasteiger charge is -2.11. The molecule has 2 unspecified atom stereocenters. The van der Waals surface area contributed by atoms with Gasteiger partial charge >= 0.3 is 0 Å². The Morgan fingerprint density at radius 2 is 2.42 bits per heavy atom. The maximum absolute atomic E-state index is 8.60. The molecular weight excluding hydrogens is 166 g/mol. The number of nitrogens with zero attached hydrogens (tertiary/aromatic N) is 1. The highest BCUT2D eigenvalue weighted by molar-refractivity contribution is 8.00. The Balaban J connectivity index is 2.53. The van der Waals surface area contributed by atoms with E-state index in [2.05, 4.69) is 26.0 Å². The highest BCUT2D eigenvalue weighted by atomic mass is 32.2. The molecule has 0 aromatic rings. The summed E-state index contributed by atoms with van der Waals surface area (Å²) in [5, 5.41) is 9.20. The minimum Gasteiger partial charge on any atom is -0.198 e. The van der Waals surface area contributed by atoms with Crippen molar-refractivity contribution in [2.45, 2.75) is 31.9 Å². The van der Waals surface area contributed by atoms with E-state index in [1.165, 1.54) is 17.7 Å². The fourth-order valence-electron chi connectivity index (χ4n) is 1.50. The Kier molecular flexibility index (Phi) is 3.68. The topological polar surface area (TPSA) is 23.8 Å². The van der Waals surface area contributed by atoms with Crippen molar-refractivity contribution in [3.8, 4) is 6.07 Å². The molecule has 1 nitrogen and oxygen atoms in total. The van der Waals surface area contributed by atoms with Crippen molar-refractivity contribution in [2.24, 2.45) is 5.92 Å². The van der Waals surface area contributed by atoms with Crippen LogP contribution < -0.4 is 0 Å². The standard InChI is InChI=1S/C10H15NS/c1-8(2)7-10-9(3-5-11)4-6-12-10/h7,9-10H,3-4,6H2,1-2H3. The van der Waals surface area contributed by atoms with Gasteiger partial charge in [-0.05, 0) is 31.9 Å². The van der Waals surface area contributed by atoms with Gasteiger partial charge in [-0.1, -0.05) is 11.6 Å². The number of thioether (sulfide) groups is 1. The molecule has 2 atom stereocenters. The van der Waals surface area contributed by atoms with E-state index in [1.54, 1.807) is 0 Å². The summed E-state index contributed by atoms with van der Waals surface area (Å²) in [5.74, 6) is 1.83. The highest BCUT2D eigenvalue weighted by Crippen LogP contribution is 2.35. The first-order valence-corrected chi connectivity index (χ1v) is 5.42. The second-order valence-electron chi connectivity index (χ2n) is 3.49. The lowest BCUT2D eigenvalue weighted by Crippen LogP contribution is -2.08. The third-order valence-corrected chi connectivity index (χ3v) is 3.49. The molecule has 2 heteroatoms. The molecule has 1 fully saturated rings. The van der Waals surface area contributed by atoms with E-state index in [1.807, 2.05) is 11.8 Å². The summed E-state index contributed by atoms with van der Waals surface area (Å²) in [6.07, 6.45) is 4.24.